The normalized spacial score (nSPS) is 13.5. The maximum Gasteiger partial charge on any atom is 0.294 e. The smallest absolute Gasteiger partial charge is 0.294 e. The number of hydrogen-bond donors (Lipinski definition) is 5. The number of amides is 2. The summed E-state index contributed by atoms with van der Waals surface area (Å²) >= 11 is 4.53. The summed E-state index contributed by atoms with van der Waals surface area (Å²) in [6.45, 7) is 6.26. The van der Waals surface area contributed by atoms with Crippen LogP contribution in [0.4, 0.5) is 27.9 Å². The van der Waals surface area contributed by atoms with Crippen molar-refractivity contribution in [2.75, 3.05) is 55.2 Å². The number of aromatic nitrogens is 2. The fraction of sp³-hybridized carbons (Fsp3) is 0.455. The highest BCUT2D eigenvalue weighted by Crippen LogP contribution is 2.23. The molecule has 0 saturated carbocycles. The molecule has 0 bridgehead atoms. The van der Waals surface area contributed by atoms with Gasteiger partial charge in [-0.15, -0.1) is 0 Å². The number of nitrogens with zero attached hydrogens (tertiary/aromatic N) is 3. The Labute approximate surface area is 212 Å². The van der Waals surface area contributed by atoms with Crippen molar-refractivity contribution in [3.63, 3.8) is 0 Å². The second-order valence-electron chi connectivity index (χ2n) is 7.72. The van der Waals surface area contributed by atoms with Crippen molar-refractivity contribution in [3.05, 3.63) is 34.9 Å². The molecule has 1 saturated heterocycles. The number of likely N-dealkylation sites (tertiary alicyclic amines) is 1. The van der Waals surface area contributed by atoms with Gasteiger partial charge in [-0.3, -0.25) is 19.2 Å². The first-order valence-corrected chi connectivity index (χ1v) is 13.0. The van der Waals surface area contributed by atoms with Gasteiger partial charge < -0.3 is 21.3 Å². The highest BCUT2D eigenvalue weighted by molar-refractivity contribution is 9.10. The highest BCUT2D eigenvalue weighted by atomic mass is 79.9. The average molecular weight is 552 g/mol. The molecule has 2 heterocycles. The van der Waals surface area contributed by atoms with Gasteiger partial charge in [0.15, 0.2) is 0 Å². The predicted octanol–water partition coefficient (Wildman–Crippen LogP) is 3.79. The van der Waals surface area contributed by atoms with Gasteiger partial charge >= 0.3 is 0 Å². The van der Waals surface area contributed by atoms with E-state index in [4.69, 9.17) is 0 Å². The van der Waals surface area contributed by atoms with Crippen molar-refractivity contribution in [3.8, 4) is 0 Å². The Kier molecular flexibility index (Phi) is 10.9. The van der Waals surface area contributed by atoms with E-state index in [-0.39, 0.29) is 11.1 Å². The summed E-state index contributed by atoms with van der Waals surface area (Å²) in [4.78, 5) is 34.9. The summed E-state index contributed by atoms with van der Waals surface area (Å²) in [5, 5.41) is 12.1. The molecule has 12 heteroatoms. The minimum atomic E-state index is -0.0916. The third kappa shape index (κ3) is 9.09. The zero-order valence-corrected chi connectivity index (χ0v) is 21.6. The molecule has 10 nitrogen and oxygen atoms in total. The van der Waals surface area contributed by atoms with Crippen LogP contribution in [0.25, 0.3) is 0 Å². The van der Waals surface area contributed by atoms with Gasteiger partial charge in [0.25, 0.3) is 5.24 Å². The van der Waals surface area contributed by atoms with Gasteiger partial charge in [-0.2, -0.15) is 4.98 Å². The SMILES string of the molecule is CCNSC(=O)NCCCNc1nc(Nc2cccc(NC(=O)CN3CCCC3)c2)ncc1Br. The average Bonchev–Trinajstić information content (AvgIpc) is 3.32. The molecule has 34 heavy (non-hydrogen) atoms. The Balaban J connectivity index is 1.48. The largest absolute Gasteiger partial charge is 0.369 e. The minimum absolute atomic E-state index is 0.0122. The van der Waals surface area contributed by atoms with E-state index < -0.39 is 0 Å². The van der Waals surface area contributed by atoms with E-state index in [2.05, 4.69) is 56.8 Å². The molecule has 0 atom stereocenters. The molecular formula is C22H31BrN8O2S. The summed E-state index contributed by atoms with van der Waals surface area (Å²) in [5.74, 6) is 1.07. The van der Waals surface area contributed by atoms with Crippen molar-refractivity contribution in [1.82, 2.24) is 24.9 Å². The van der Waals surface area contributed by atoms with Gasteiger partial charge in [0.2, 0.25) is 11.9 Å². The van der Waals surface area contributed by atoms with Crippen LogP contribution in [0.5, 0.6) is 0 Å². The lowest BCUT2D eigenvalue weighted by atomic mass is 10.2. The first-order valence-electron chi connectivity index (χ1n) is 11.4. The van der Waals surface area contributed by atoms with Crippen LogP contribution in [-0.2, 0) is 4.79 Å². The van der Waals surface area contributed by atoms with Gasteiger partial charge in [-0.1, -0.05) is 13.0 Å². The molecule has 1 aromatic carbocycles. The lowest BCUT2D eigenvalue weighted by molar-refractivity contribution is -0.117. The van der Waals surface area contributed by atoms with Crippen molar-refractivity contribution < 1.29 is 9.59 Å². The molecule has 1 aromatic heterocycles. The summed E-state index contributed by atoms with van der Waals surface area (Å²) < 4.78 is 3.66. The molecule has 2 amide bonds. The molecule has 1 fully saturated rings. The van der Waals surface area contributed by atoms with Gasteiger partial charge in [-0.25, -0.2) is 4.98 Å². The van der Waals surface area contributed by atoms with Crippen LogP contribution in [0.3, 0.4) is 0 Å². The predicted molar refractivity (Wildman–Crippen MR) is 142 cm³/mol. The third-order valence-electron chi connectivity index (χ3n) is 4.94. The monoisotopic (exact) mass is 550 g/mol. The fourth-order valence-corrected chi connectivity index (χ4v) is 4.14. The molecule has 184 valence electrons. The lowest BCUT2D eigenvalue weighted by Crippen LogP contribution is -2.30. The van der Waals surface area contributed by atoms with Gasteiger partial charge in [-0.05, 0) is 66.5 Å². The standard InChI is InChI=1S/C22H31BrN8O2S/c1-2-27-34-22(33)25-10-6-9-24-20-18(23)14-26-21(30-20)29-17-8-5-7-16(13-17)28-19(32)15-31-11-3-4-12-31/h5,7-8,13-14,27H,2-4,6,9-12,15H2,1H3,(H,25,33)(H,28,32)(H2,24,26,29,30). The first-order chi connectivity index (χ1) is 16.5. The van der Waals surface area contributed by atoms with Crippen molar-refractivity contribution in [2.45, 2.75) is 26.2 Å². The molecule has 0 unspecified atom stereocenters. The number of halogens is 1. The third-order valence-corrected chi connectivity index (χ3v) is 6.28. The van der Waals surface area contributed by atoms with Crippen LogP contribution in [0, 0.1) is 0 Å². The van der Waals surface area contributed by atoms with Gasteiger partial charge in [0, 0.05) is 49.2 Å². The molecular weight excluding hydrogens is 520 g/mol. The molecule has 1 aliphatic rings. The fourth-order valence-electron chi connectivity index (χ4n) is 3.36. The van der Waals surface area contributed by atoms with E-state index in [0.717, 1.165) is 66.7 Å². The summed E-state index contributed by atoms with van der Waals surface area (Å²) in [5.41, 5.74) is 1.49. The minimum Gasteiger partial charge on any atom is -0.369 e. The number of carbonyl (C=O) groups excluding carboxylic acids is 2. The van der Waals surface area contributed by atoms with Crippen molar-refractivity contribution >= 4 is 62.2 Å². The summed E-state index contributed by atoms with van der Waals surface area (Å²) in [6.07, 6.45) is 4.73. The Bertz CT molecular complexity index is 958. The molecule has 0 radical (unpaired) electrons. The van der Waals surface area contributed by atoms with Crippen LogP contribution in [0.2, 0.25) is 0 Å². The van der Waals surface area contributed by atoms with Gasteiger partial charge in [0.05, 0.1) is 11.0 Å². The number of carbonyl (C=O) groups is 2. The number of benzene rings is 1. The number of anilines is 4. The maximum absolute atomic E-state index is 12.3. The summed E-state index contributed by atoms with van der Waals surface area (Å²) in [7, 11) is 0. The number of nitrogens with one attached hydrogen (secondary N) is 5. The Morgan fingerprint density at radius 2 is 1.97 bits per heavy atom. The van der Waals surface area contributed by atoms with Crippen molar-refractivity contribution in [1.29, 1.82) is 0 Å². The second kappa shape index (κ2) is 14.1. The Hall–Kier alpha value is -2.41. The molecule has 0 aliphatic carbocycles. The second-order valence-corrected chi connectivity index (χ2v) is 9.44. The maximum atomic E-state index is 12.3. The molecule has 2 aromatic rings. The van der Waals surface area contributed by atoms with Crippen LogP contribution in [-0.4, -0.2) is 65.3 Å². The first kappa shape index (κ1) is 26.2. The van der Waals surface area contributed by atoms with Crippen LogP contribution >= 0.6 is 27.9 Å². The quantitative estimate of drug-likeness (QED) is 0.198. The number of rotatable bonds is 12. The summed E-state index contributed by atoms with van der Waals surface area (Å²) in [6, 6.07) is 7.48. The van der Waals surface area contributed by atoms with E-state index in [1.807, 2.05) is 31.2 Å². The molecule has 3 rings (SSSR count). The topological polar surface area (TPSA) is 123 Å². The lowest BCUT2D eigenvalue weighted by Gasteiger charge is -2.14. The zero-order chi connectivity index (χ0) is 24.2. The molecule has 5 N–H and O–H groups in total. The van der Waals surface area contributed by atoms with E-state index in [9.17, 15) is 9.59 Å². The van der Waals surface area contributed by atoms with Crippen molar-refractivity contribution in [2.24, 2.45) is 0 Å². The van der Waals surface area contributed by atoms with E-state index in [0.29, 0.717) is 31.4 Å². The van der Waals surface area contributed by atoms with Crippen LogP contribution in [0.15, 0.2) is 34.9 Å². The van der Waals surface area contributed by atoms with Gasteiger partial charge in [0.1, 0.15) is 5.82 Å². The van der Waals surface area contributed by atoms with E-state index in [1.54, 1.807) is 6.20 Å². The van der Waals surface area contributed by atoms with E-state index >= 15 is 0 Å². The Morgan fingerprint density at radius 1 is 1.18 bits per heavy atom. The zero-order valence-electron chi connectivity index (χ0n) is 19.2. The van der Waals surface area contributed by atoms with Crippen LogP contribution < -0.4 is 26.0 Å². The Morgan fingerprint density at radius 3 is 2.76 bits per heavy atom. The highest BCUT2D eigenvalue weighted by Gasteiger charge is 2.15. The van der Waals surface area contributed by atoms with E-state index in [1.165, 1.54) is 0 Å². The molecule has 0 spiro atoms. The number of hydrogen-bond acceptors (Lipinski definition) is 9. The molecule has 1 aliphatic heterocycles. The van der Waals surface area contributed by atoms with Crippen LogP contribution in [0.1, 0.15) is 26.2 Å².